The highest BCUT2D eigenvalue weighted by molar-refractivity contribution is 5.95. The molecule has 0 radical (unpaired) electrons. The second-order valence-corrected chi connectivity index (χ2v) is 6.53. The number of amides is 1. The number of nitro groups is 1. The summed E-state index contributed by atoms with van der Waals surface area (Å²) in [4.78, 5) is 34.4. The summed E-state index contributed by atoms with van der Waals surface area (Å²) >= 11 is 0. The van der Waals surface area contributed by atoms with Gasteiger partial charge in [-0.3, -0.25) is 14.9 Å². The number of anilines is 1. The van der Waals surface area contributed by atoms with Crippen molar-refractivity contribution in [2.45, 2.75) is 27.7 Å². The zero-order valence-electron chi connectivity index (χ0n) is 16.2. The minimum Gasteiger partial charge on any atom is -0.482 e. The third kappa shape index (κ3) is 5.80. The number of carbonyl (C=O) groups is 2. The minimum absolute atomic E-state index is 0.0561. The van der Waals surface area contributed by atoms with Crippen LogP contribution in [0.2, 0.25) is 0 Å². The molecule has 0 bridgehead atoms. The monoisotopic (exact) mass is 386 g/mol. The molecule has 0 aliphatic rings. The maximum atomic E-state index is 12.0. The first kappa shape index (κ1) is 20.9. The summed E-state index contributed by atoms with van der Waals surface area (Å²) in [6.45, 7) is 6.42. The SMILES string of the molecule is Cc1cc(C)cc(OCC(=O)OCC(=O)Nc2cc(C)c(C)cc2[N+](=O)[O-])c1. The van der Waals surface area contributed by atoms with E-state index in [0.717, 1.165) is 22.3 Å². The number of ether oxygens (including phenoxy) is 2. The van der Waals surface area contributed by atoms with Crippen LogP contribution in [0.15, 0.2) is 30.3 Å². The molecule has 0 aliphatic carbocycles. The normalized spacial score (nSPS) is 10.3. The van der Waals surface area contributed by atoms with Gasteiger partial charge < -0.3 is 14.8 Å². The average molecular weight is 386 g/mol. The molecule has 148 valence electrons. The van der Waals surface area contributed by atoms with Crippen molar-refractivity contribution in [2.75, 3.05) is 18.5 Å². The molecule has 0 heterocycles. The Balaban J connectivity index is 1.89. The summed E-state index contributed by atoms with van der Waals surface area (Å²) in [7, 11) is 0. The second-order valence-electron chi connectivity index (χ2n) is 6.53. The maximum Gasteiger partial charge on any atom is 0.344 e. The lowest BCUT2D eigenvalue weighted by Crippen LogP contribution is -2.24. The molecule has 28 heavy (non-hydrogen) atoms. The standard InChI is InChI=1S/C20H22N2O6/c1-12-5-13(2)7-16(6-12)27-11-20(24)28-10-19(23)21-17-8-14(3)15(4)9-18(17)22(25)26/h5-9H,10-11H2,1-4H3,(H,21,23). The lowest BCUT2D eigenvalue weighted by Gasteiger charge is -2.10. The number of nitrogens with one attached hydrogen (secondary N) is 1. The molecule has 0 aromatic heterocycles. The first-order valence-corrected chi connectivity index (χ1v) is 8.58. The number of aryl methyl sites for hydroxylation is 4. The third-order valence-corrected chi connectivity index (χ3v) is 4.00. The van der Waals surface area contributed by atoms with Crippen LogP contribution in [0.5, 0.6) is 5.75 Å². The fourth-order valence-electron chi connectivity index (χ4n) is 2.58. The van der Waals surface area contributed by atoms with E-state index in [1.54, 1.807) is 26.0 Å². The fourth-order valence-corrected chi connectivity index (χ4v) is 2.58. The second kappa shape index (κ2) is 8.98. The summed E-state index contributed by atoms with van der Waals surface area (Å²) in [5, 5.41) is 13.6. The van der Waals surface area contributed by atoms with Gasteiger partial charge in [-0.15, -0.1) is 0 Å². The molecule has 0 unspecified atom stereocenters. The lowest BCUT2D eigenvalue weighted by molar-refractivity contribution is -0.384. The largest absolute Gasteiger partial charge is 0.482 e. The molecule has 1 N–H and O–H groups in total. The van der Waals surface area contributed by atoms with E-state index in [9.17, 15) is 19.7 Å². The van der Waals surface area contributed by atoms with Crippen molar-refractivity contribution in [3.8, 4) is 5.75 Å². The highest BCUT2D eigenvalue weighted by Crippen LogP contribution is 2.27. The molecular formula is C20H22N2O6. The van der Waals surface area contributed by atoms with Gasteiger partial charge in [-0.2, -0.15) is 0 Å². The van der Waals surface area contributed by atoms with Crippen LogP contribution in [0.1, 0.15) is 22.3 Å². The molecule has 0 saturated carbocycles. The lowest BCUT2D eigenvalue weighted by atomic mass is 10.1. The number of hydrogen-bond acceptors (Lipinski definition) is 6. The number of carbonyl (C=O) groups excluding carboxylic acids is 2. The molecule has 8 nitrogen and oxygen atoms in total. The van der Waals surface area contributed by atoms with E-state index in [1.165, 1.54) is 12.1 Å². The topological polar surface area (TPSA) is 108 Å². The van der Waals surface area contributed by atoms with E-state index in [4.69, 9.17) is 9.47 Å². The predicted molar refractivity (Wildman–Crippen MR) is 104 cm³/mol. The van der Waals surface area contributed by atoms with E-state index in [0.29, 0.717) is 5.75 Å². The van der Waals surface area contributed by atoms with Crippen molar-refractivity contribution in [3.63, 3.8) is 0 Å². The third-order valence-electron chi connectivity index (χ3n) is 4.00. The highest BCUT2D eigenvalue weighted by atomic mass is 16.6. The van der Waals surface area contributed by atoms with E-state index < -0.39 is 23.4 Å². The molecule has 0 atom stereocenters. The summed E-state index contributed by atoms with van der Waals surface area (Å²) in [6, 6.07) is 8.43. The van der Waals surface area contributed by atoms with Gasteiger partial charge in [0, 0.05) is 6.07 Å². The number of nitrogens with zero attached hydrogens (tertiary/aromatic N) is 1. The van der Waals surface area contributed by atoms with Crippen LogP contribution in [-0.4, -0.2) is 30.0 Å². The summed E-state index contributed by atoms with van der Waals surface area (Å²) in [6.07, 6.45) is 0. The Bertz CT molecular complexity index is 903. The van der Waals surface area contributed by atoms with Gasteiger partial charge in [0.05, 0.1) is 4.92 Å². The van der Waals surface area contributed by atoms with E-state index in [2.05, 4.69) is 5.32 Å². The van der Waals surface area contributed by atoms with Gasteiger partial charge in [0.15, 0.2) is 13.2 Å². The molecule has 2 aromatic carbocycles. The Hall–Kier alpha value is -3.42. The predicted octanol–water partition coefficient (Wildman–Crippen LogP) is 3.39. The molecule has 0 aliphatic heterocycles. The Morgan fingerprint density at radius 2 is 1.57 bits per heavy atom. The van der Waals surface area contributed by atoms with Gasteiger partial charge in [0.2, 0.25) is 0 Å². The number of rotatable bonds is 7. The van der Waals surface area contributed by atoms with Gasteiger partial charge in [-0.05, 0) is 68.1 Å². The minimum atomic E-state index is -0.719. The van der Waals surface area contributed by atoms with Gasteiger partial charge in [0.25, 0.3) is 11.6 Å². The number of hydrogen-bond donors (Lipinski definition) is 1. The Morgan fingerprint density at radius 3 is 2.18 bits per heavy atom. The first-order chi connectivity index (χ1) is 13.2. The van der Waals surface area contributed by atoms with Crippen molar-refractivity contribution in [2.24, 2.45) is 0 Å². The van der Waals surface area contributed by atoms with Crippen LogP contribution in [0.4, 0.5) is 11.4 Å². The van der Waals surface area contributed by atoms with Crippen molar-refractivity contribution >= 4 is 23.3 Å². The Morgan fingerprint density at radius 1 is 0.964 bits per heavy atom. The van der Waals surface area contributed by atoms with Gasteiger partial charge >= 0.3 is 5.97 Å². The maximum absolute atomic E-state index is 12.0. The van der Waals surface area contributed by atoms with Crippen molar-refractivity contribution in [3.05, 3.63) is 62.7 Å². The van der Waals surface area contributed by atoms with Crippen LogP contribution in [-0.2, 0) is 14.3 Å². The molecule has 0 saturated heterocycles. The number of esters is 1. The van der Waals surface area contributed by atoms with Crippen molar-refractivity contribution < 1.29 is 24.0 Å². The molecule has 8 heteroatoms. The van der Waals surface area contributed by atoms with Crippen LogP contribution in [0, 0.1) is 37.8 Å². The van der Waals surface area contributed by atoms with Gasteiger partial charge in [-0.25, -0.2) is 4.79 Å². The molecule has 0 spiro atoms. The van der Waals surface area contributed by atoms with Gasteiger partial charge in [-0.1, -0.05) is 6.07 Å². The van der Waals surface area contributed by atoms with E-state index >= 15 is 0 Å². The summed E-state index contributed by atoms with van der Waals surface area (Å²) in [5.74, 6) is -0.861. The van der Waals surface area contributed by atoms with Crippen LogP contribution < -0.4 is 10.1 Å². The highest BCUT2D eigenvalue weighted by Gasteiger charge is 2.18. The van der Waals surface area contributed by atoms with Gasteiger partial charge in [0.1, 0.15) is 11.4 Å². The summed E-state index contributed by atoms with van der Waals surface area (Å²) < 4.78 is 10.2. The van der Waals surface area contributed by atoms with E-state index in [1.807, 2.05) is 19.9 Å². The van der Waals surface area contributed by atoms with Crippen LogP contribution in [0.25, 0.3) is 0 Å². The van der Waals surface area contributed by atoms with E-state index in [-0.39, 0.29) is 18.0 Å². The fraction of sp³-hybridized carbons (Fsp3) is 0.300. The Labute approximate surface area is 162 Å². The number of benzene rings is 2. The molecule has 2 aromatic rings. The smallest absolute Gasteiger partial charge is 0.344 e. The average Bonchev–Trinajstić information content (AvgIpc) is 2.60. The van der Waals surface area contributed by atoms with Crippen molar-refractivity contribution in [1.82, 2.24) is 0 Å². The summed E-state index contributed by atoms with van der Waals surface area (Å²) in [5.41, 5.74) is 3.36. The molecule has 2 rings (SSSR count). The Kier molecular flexibility index (Phi) is 6.70. The quantitative estimate of drug-likeness (QED) is 0.444. The van der Waals surface area contributed by atoms with Crippen LogP contribution >= 0.6 is 0 Å². The van der Waals surface area contributed by atoms with Crippen LogP contribution in [0.3, 0.4) is 0 Å². The van der Waals surface area contributed by atoms with Crippen molar-refractivity contribution in [1.29, 1.82) is 0 Å². The zero-order chi connectivity index (χ0) is 20.8. The zero-order valence-corrected chi connectivity index (χ0v) is 16.2. The molecule has 0 fully saturated rings. The molecular weight excluding hydrogens is 364 g/mol. The number of nitro benzene ring substituents is 1. The first-order valence-electron chi connectivity index (χ1n) is 8.58. The molecule has 1 amide bonds.